The van der Waals surface area contributed by atoms with Crippen LogP contribution in [0.25, 0.3) is 0 Å². The largest absolute Gasteiger partial charge is 0.480 e. The minimum Gasteiger partial charge on any atom is -0.480 e. The van der Waals surface area contributed by atoms with Crippen molar-refractivity contribution in [2.24, 2.45) is 0 Å². The second-order valence-electron chi connectivity index (χ2n) is 4.01. The third-order valence-electron chi connectivity index (χ3n) is 2.74. The first kappa shape index (κ1) is 14.2. The molecule has 100 valence electrons. The van der Waals surface area contributed by atoms with Crippen molar-refractivity contribution in [3.05, 3.63) is 18.2 Å². The number of nitrogens with zero attached hydrogens (tertiary/aromatic N) is 2. The molecule has 0 radical (unpaired) electrons. The van der Waals surface area contributed by atoms with Gasteiger partial charge in [-0.05, 0) is 6.42 Å². The molecule has 0 saturated carbocycles. The predicted molar refractivity (Wildman–Crippen MR) is 66.1 cm³/mol. The zero-order valence-corrected chi connectivity index (χ0v) is 10.7. The van der Waals surface area contributed by atoms with E-state index in [0.29, 0.717) is 13.0 Å². The Morgan fingerprint density at radius 2 is 2.22 bits per heavy atom. The van der Waals surface area contributed by atoms with E-state index in [-0.39, 0.29) is 12.3 Å². The van der Waals surface area contributed by atoms with Crippen LogP contribution in [0, 0.1) is 0 Å². The fraction of sp³-hybridized carbons (Fsp3) is 0.583. The minimum absolute atomic E-state index is 0.250. The van der Waals surface area contributed by atoms with Crippen LogP contribution in [0.3, 0.4) is 0 Å². The van der Waals surface area contributed by atoms with Crippen molar-refractivity contribution in [2.45, 2.75) is 45.7 Å². The highest BCUT2D eigenvalue weighted by molar-refractivity contribution is 5.83. The predicted octanol–water partition coefficient (Wildman–Crippen LogP) is 0.815. The van der Waals surface area contributed by atoms with Crippen LogP contribution in [-0.2, 0) is 22.6 Å². The Balaban J connectivity index is 2.44. The summed E-state index contributed by atoms with van der Waals surface area (Å²) in [5, 5.41) is 11.3. The first-order valence-electron chi connectivity index (χ1n) is 6.10. The molecule has 0 saturated heterocycles. The summed E-state index contributed by atoms with van der Waals surface area (Å²) in [5.41, 5.74) is 0. The van der Waals surface area contributed by atoms with Crippen LogP contribution in [0.1, 0.15) is 32.5 Å². The monoisotopic (exact) mass is 253 g/mol. The molecule has 1 aromatic heterocycles. The van der Waals surface area contributed by atoms with Gasteiger partial charge in [-0.1, -0.05) is 13.8 Å². The van der Waals surface area contributed by atoms with Gasteiger partial charge in [-0.3, -0.25) is 4.79 Å². The van der Waals surface area contributed by atoms with E-state index in [0.717, 1.165) is 12.2 Å². The number of carbonyl (C=O) groups is 2. The molecule has 18 heavy (non-hydrogen) atoms. The number of nitrogens with one attached hydrogen (secondary N) is 1. The lowest BCUT2D eigenvalue weighted by atomic mass is 10.2. The average Bonchev–Trinajstić information content (AvgIpc) is 2.80. The van der Waals surface area contributed by atoms with E-state index >= 15 is 0 Å². The van der Waals surface area contributed by atoms with Crippen molar-refractivity contribution in [1.29, 1.82) is 0 Å². The maximum absolute atomic E-state index is 11.6. The fourth-order valence-electron chi connectivity index (χ4n) is 1.68. The average molecular weight is 253 g/mol. The van der Waals surface area contributed by atoms with Gasteiger partial charge in [-0.2, -0.15) is 0 Å². The Kier molecular flexibility index (Phi) is 5.35. The van der Waals surface area contributed by atoms with Crippen LogP contribution in [0.5, 0.6) is 0 Å². The molecular weight excluding hydrogens is 234 g/mol. The Morgan fingerprint density at radius 3 is 2.78 bits per heavy atom. The molecule has 1 amide bonds. The van der Waals surface area contributed by atoms with Gasteiger partial charge < -0.3 is 15.0 Å². The first-order valence-corrected chi connectivity index (χ1v) is 6.10. The Bertz CT molecular complexity index is 414. The summed E-state index contributed by atoms with van der Waals surface area (Å²) >= 11 is 0. The van der Waals surface area contributed by atoms with Gasteiger partial charge in [0, 0.05) is 31.8 Å². The number of hydrogen-bond donors (Lipinski definition) is 2. The van der Waals surface area contributed by atoms with Crippen molar-refractivity contribution >= 4 is 11.9 Å². The number of carboxylic acids is 1. The molecule has 2 N–H and O–H groups in total. The summed E-state index contributed by atoms with van der Waals surface area (Å²) in [6, 6.07) is -0.800. The third-order valence-corrected chi connectivity index (χ3v) is 2.74. The van der Waals surface area contributed by atoms with Crippen LogP contribution in [0.15, 0.2) is 12.4 Å². The molecule has 1 heterocycles. The third kappa shape index (κ3) is 3.87. The molecule has 0 aromatic carbocycles. The highest BCUT2D eigenvalue weighted by Gasteiger charge is 2.17. The fourth-order valence-corrected chi connectivity index (χ4v) is 1.68. The van der Waals surface area contributed by atoms with Gasteiger partial charge in [-0.15, -0.1) is 0 Å². The Labute approximate surface area is 106 Å². The quantitative estimate of drug-likeness (QED) is 0.753. The number of aryl methyl sites for hydroxylation is 2. The van der Waals surface area contributed by atoms with E-state index in [1.165, 1.54) is 0 Å². The summed E-state index contributed by atoms with van der Waals surface area (Å²) in [6.07, 6.45) is 4.96. The zero-order valence-electron chi connectivity index (χ0n) is 10.7. The van der Waals surface area contributed by atoms with Gasteiger partial charge in [0.1, 0.15) is 11.9 Å². The molecule has 1 rings (SSSR count). The molecule has 1 unspecified atom stereocenters. The lowest BCUT2D eigenvalue weighted by Gasteiger charge is -2.12. The molecule has 1 aromatic rings. The highest BCUT2D eigenvalue weighted by atomic mass is 16.4. The second kappa shape index (κ2) is 6.78. The number of aliphatic carboxylic acids is 1. The minimum atomic E-state index is -0.997. The maximum Gasteiger partial charge on any atom is 0.326 e. The van der Waals surface area contributed by atoms with Crippen molar-refractivity contribution in [3.63, 3.8) is 0 Å². The Hall–Kier alpha value is -1.85. The van der Waals surface area contributed by atoms with Gasteiger partial charge in [0.2, 0.25) is 5.91 Å². The van der Waals surface area contributed by atoms with Crippen LogP contribution in [0.2, 0.25) is 0 Å². The second-order valence-corrected chi connectivity index (χ2v) is 4.01. The van der Waals surface area contributed by atoms with E-state index < -0.39 is 12.0 Å². The SMILES string of the molecule is CCc1nccn1CCC(=O)NC(CC)C(=O)O. The van der Waals surface area contributed by atoms with Gasteiger partial charge >= 0.3 is 5.97 Å². The van der Waals surface area contributed by atoms with Crippen LogP contribution >= 0.6 is 0 Å². The Morgan fingerprint density at radius 1 is 1.50 bits per heavy atom. The summed E-state index contributed by atoms with van der Waals surface area (Å²) in [7, 11) is 0. The number of aromatic nitrogens is 2. The molecule has 0 bridgehead atoms. The molecule has 0 spiro atoms. The number of imidazole rings is 1. The van der Waals surface area contributed by atoms with E-state index in [2.05, 4.69) is 10.3 Å². The van der Waals surface area contributed by atoms with Crippen molar-refractivity contribution < 1.29 is 14.7 Å². The van der Waals surface area contributed by atoms with Crippen molar-refractivity contribution in [1.82, 2.24) is 14.9 Å². The summed E-state index contributed by atoms with van der Waals surface area (Å²) in [4.78, 5) is 26.5. The number of carbonyl (C=O) groups excluding carboxylic acids is 1. The van der Waals surface area contributed by atoms with Crippen LogP contribution in [-0.4, -0.2) is 32.6 Å². The van der Waals surface area contributed by atoms with E-state index in [9.17, 15) is 9.59 Å². The number of rotatable bonds is 7. The standard InChI is InChI=1S/C12H19N3O3/c1-3-9(12(17)18)14-11(16)5-7-15-8-6-13-10(15)4-2/h6,8-9H,3-5,7H2,1-2H3,(H,14,16)(H,17,18). The lowest BCUT2D eigenvalue weighted by molar-refractivity contribution is -0.141. The summed E-state index contributed by atoms with van der Waals surface area (Å²) in [6.45, 7) is 4.24. The number of carboxylic acid groups (broad SMARTS) is 1. The first-order chi connectivity index (χ1) is 8.58. The molecule has 0 aliphatic rings. The topological polar surface area (TPSA) is 84.2 Å². The molecule has 6 nitrogen and oxygen atoms in total. The molecule has 0 fully saturated rings. The summed E-state index contributed by atoms with van der Waals surface area (Å²) < 4.78 is 1.90. The smallest absolute Gasteiger partial charge is 0.326 e. The zero-order chi connectivity index (χ0) is 13.5. The summed E-state index contributed by atoms with van der Waals surface area (Å²) in [5.74, 6) is -0.323. The van der Waals surface area contributed by atoms with Gasteiger partial charge in [0.15, 0.2) is 0 Å². The molecule has 1 atom stereocenters. The molecular formula is C12H19N3O3. The molecule has 0 aliphatic heterocycles. The number of amides is 1. The van der Waals surface area contributed by atoms with E-state index in [4.69, 9.17) is 5.11 Å². The van der Waals surface area contributed by atoms with E-state index in [1.807, 2.05) is 17.7 Å². The van der Waals surface area contributed by atoms with Crippen LogP contribution in [0.4, 0.5) is 0 Å². The van der Waals surface area contributed by atoms with Crippen LogP contribution < -0.4 is 5.32 Å². The van der Waals surface area contributed by atoms with Gasteiger partial charge in [-0.25, -0.2) is 9.78 Å². The van der Waals surface area contributed by atoms with Crippen molar-refractivity contribution in [2.75, 3.05) is 0 Å². The highest BCUT2D eigenvalue weighted by Crippen LogP contribution is 2.01. The van der Waals surface area contributed by atoms with Gasteiger partial charge in [0.05, 0.1) is 0 Å². The van der Waals surface area contributed by atoms with Gasteiger partial charge in [0.25, 0.3) is 0 Å². The van der Waals surface area contributed by atoms with Crippen molar-refractivity contribution in [3.8, 4) is 0 Å². The van der Waals surface area contributed by atoms with E-state index in [1.54, 1.807) is 13.1 Å². The number of hydrogen-bond acceptors (Lipinski definition) is 3. The lowest BCUT2D eigenvalue weighted by Crippen LogP contribution is -2.40. The normalized spacial score (nSPS) is 12.1. The molecule has 6 heteroatoms. The molecule has 0 aliphatic carbocycles. The maximum atomic E-state index is 11.6.